The highest BCUT2D eigenvalue weighted by atomic mass is 32.2. The molecule has 2 fully saturated rings. The standard InChI is InChI=1S/C41H62N6O7S/c1-26(2)34(42)39(51)54-33(25-47-24-30-18-13-12-17-28(30)22-32(47)37(49)46-40(3,4)5)31(21-27-15-10-9-11-16-27)44-38(50)35(41(6,7)55(8,52)53)45-36(48)29-19-14-20-43-23-29/h9-11,14-16,19-20,23,26,28,30-35H,12-13,17-18,21-22,24-25,42H2,1-8H3,(H,44,50)(H,45,48)(H,46,49)/t28-,30+,31-,32-,33+,34-,35+/m0/s1. The first-order valence-electron chi connectivity index (χ1n) is 19.4. The molecule has 1 aromatic heterocycles. The summed E-state index contributed by atoms with van der Waals surface area (Å²) >= 11 is 0. The number of hydrogen-bond donors (Lipinski definition) is 4. The first kappa shape index (κ1) is 43.8. The van der Waals surface area contributed by atoms with Crippen molar-refractivity contribution >= 4 is 33.5 Å². The third kappa shape index (κ3) is 11.8. The number of pyridine rings is 1. The van der Waals surface area contributed by atoms with Crippen molar-refractivity contribution in [1.82, 2.24) is 25.8 Å². The number of nitrogens with one attached hydrogen (secondary N) is 3. The van der Waals surface area contributed by atoms with Crippen LogP contribution in [0.4, 0.5) is 0 Å². The first-order chi connectivity index (χ1) is 25.7. The maximum atomic E-state index is 14.6. The maximum Gasteiger partial charge on any atom is 0.323 e. The number of carbonyl (C=O) groups is 4. The summed E-state index contributed by atoms with van der Waals surface area (Å²) in [5, 5.41) is 8.84. The number of amides is 3. The third-order valence-electron chi connectivity index (χ3n) is 11.2. The van der Waals surface area contributed by atoms with E-state index < -0.39 is 68.2 Å². The summed E-state index contributed by atoms with van der Waals surface area (Å²) in [5.41, 5.74) is 6.81. The van der Waals surface area contributed by atoms with E-state index in [4.69, 9.17) is 10.5 Å². The zero-order valence-corrected chi connectivity index (χ0v) is 34.5. The highest BCUT2D eigenvalue weighted by molar-refractivity contribution is 7.92. The van der Waals surface area contributed by atoms with E-state index in [1.165, 1.54) is 32.3 Å². The fraction of sp³-hybridized carbons (Fsp3) is 0.634. The number of piperidine rings is 1. The molecule has 4 rings (SSSR count). The second-order valence-corrected chi connectivity index (χ2v) is 19.9. The van der Waals surface area contributed by atoms with Gasteiger partial charge in [0, 0.05) is 37.3 Å². The average molecular weight is 783 g/mol. The SMILES string of the molecule is CC(C)[C@H](N)C(=O)O[C@H](CN1C[C@H]2CCCC[C@H]2C[C@H]1C(=O)NC(C)(C)C)[C@H](Cc1ccccc1)NC(=O)[C@@H](NC(=O)c1cccnc1)C(C)(C)S(C)(=O)=O. The van der Waals surface area contributed by atoms with Crippen LogP contribution in [0.15, 0.2) is 54.9 Å². The lowest BCUT2D eigenvalue weighted by Gasteiger charge is -2.47. The van der Waals surface area contributed by atoms with Crippen LogP contribution in [0.2, 0.25) is 0 Å². The van der Waals surface area contributed by atoms with Crippen LogP contribution in [0.25, 0.3) is 0 Å². The van der Waals surface area contributed by atoms with Gasteiger partial charge in [-0.1, -0.05) is 63.4 Å². The summed E-state index contributed by atoms with van der Waals surface area (Å²) in [7, 11) is -3.94. The number of rotatable bonds is 15. The van der Waals surface area contributed by atoms with Crippen LogP contribution in [-0.2, 0) is 35.4 Å². The molecular formula is C41H62N6O7S. The Bertz CT molecular complexity index is 1730. The highest BCUT2D eigenvalue weighted by Gasteiger charge is 2.47. The molecule has 14 heteroatoms. The van der Waals surface area contributed by atoms with E-state index in [1.54, 1.807) is 6.07 Å². The van der Waals surface area contributed by atoms with Gasteiger partial charge >= 0.3 is 5.97 Å². The molecule has 1 saturated carbocycles. The molecule has 304 valence electrons. The van der Waals surface area contributed by atoms with E-state index in [-0.39, 0.29) is 30.4 Å². The van der Waals surface area contributed by atoms with E-state index in [0.29, 0.717) is 24.8 Å². The van der Waals surface area contributed by atoms with Gasteiger partial charge in [-0.25, -0.2) is 8.42 Å². The number of benzene rings is 1. The number of likely N-dealkylation sites (tertiary alicyclic amines) is 1. The fourth-order valence-electron chi connectivity index (χ4n) is 7.49. The van der Waals surface area contributed by atoms with Crippen molar-refractivity contribution < 1.29 is 32.3 Å². The predicted molar refractivity (Wildman–Crippen MR) is 213 cm³/mol. The van der Waals surface area contributed by atoms with Crippen molar-refractivity contribution in [1.29, 1.82) is 0 Å². The summed E-state index contributed by atoms with van der Waals surface area (Å²) in [4.78, 5) is 61.9. The molecule has 0 bridgehead atoms. The van der Waals surface area contributed by atoms with E-state index in [0.717, 1.165) is 37.5 Å². The second kappa shape index (κ2) is 18.4. The number of hydrogen-bond acceptors (Lipinski definition) is 10. The Balaban J connectivity index is 1.79. The number of nitrogens with zero attached hydrogens (tertiary/aromatic N) is 2. The molecule has 0 unspecified atom stereocenters. The van der Waals surface area contributed by atoms with Gasteiger partial charge in [0.1, 0.15) is 18.2 Å². The Morgan fingerprint density at radius 3 is 2.20 bits per heavy atom. The molecule has 1 aliphatic heterocycles. The molecule has 2 heterocycles. The molecule has 2 aliphatic rings. The molecule has 7 atom stereocenters. The van der Waals surface area contributed by atoms with E-state index in [9.17, 15) is 27.6 Å². The van der Waals surface area contributed by atoms with Crippen LogP contribution in [0, 0.1) is 17.8 Å². The minimum atomic E-state index is -3.94. The molecule has 1 saturated heterocycles. The van der Waals surface area contributed by atoms with Crippen LogP contribution in [0.3, 0.4) is 0 Å². The summed E-state index contributed by atoms with van der Waals surface area (Å²) in [6.07, 6.45) is 7.95. The molecule has 0 spiro atoms. The number of aromatic nitrogens is 1. The Morgan fingerprint density at radius 1 is 0.964 bits per heavy atom. The lowest BCUT2D eigenvalue weighted by molar-refractivity contribution is -0.157. The summed E-state index contributed by atoms with van der Waals surface area (Å²) in [5.74, 6) is -1.74. The van der Waals surface area contributed by atoms with Crippen LogP contribution >= 0.6 is 0 Å². The topological polar surface area (TPSA) is 190 Å². The lowest BCUT2D eigenvalue weighted by Crippen LogP contribution is -2.64. The molecule has 5 N–H and O–H groups in total. The zero-order valence-electron chi connectivity index (χ0n) is 33.7. The van der Waals surface area contributed by atoms with Gasteiger partial charge in [-0.05, 0) is 89.3 Å². The normalized spacial score (nSPS) is 21.7. The predicted octanol–water partition coefficient (Wildman–Crippen LogP) is 3.42. The molecule has 1 aromatic carbocycles. The van der Waals surface area contributed by atoms with Crippen LogP contribution in [-0.4, -0.2) is 102 Å². The van der Waals surface area contributed by atoms with Crippen molar-refractivity contribution in [2.45, 2.75) is 128 Å². The molecule has 1 aliphatic carbocycles. The number of esters is 1. The molecule has 0 radical (unpaired) electrons. The van der Waals surface area contributed by atoms with Crippen molar-refractivity contribution in [3.63, 3.8) is 0 Å². The van der Waals surface area contributed by atoms with Gasteiger partial charge < -0.3 is 26.4 Å². The molecule has 3 amide bonds. The Morgan fingerprint density at radius 2 is 1.62 bits per heavy atom. The van der Waals surface area contributed by atoms with Crippen molar-refractivity contribution in [3.05, 3.63) is 66.0 Å². The minimum Gasteiger partial charge on any atom is -0.458 e. The molecular weight excluding hydrogens is 721 g/mol. The first-order valence-corrected chi connectivity index (χ1v) is 21.3. The van der Waals surface area contributed by atoms with Crippen LogP contribution < -0.4 is 21.7 Å². The Hall–Kier alpha value is -3.88. The van der Waals surface area contributed by atoms with Gasteiger partial charge in [-0.2, -0.15) is 0 Å². The van der Waals surface area contributed by atoms with Crippen LogP contribution in [0.1, 0.15) is 96.5 Å². The number of ether oxygens (including phenoxy) is 1. The number of fused-ring (bicyclic) bond motifs is 1. The van der Waals surface area contributed by atoms with E-state index in [1.807, 2.05) is 65.0 Å². The fourth-order valence-corrected chi connectivity index (χ4v) is 8.09. The Kier molecular flexibility index (Phi) is 14.6. The lowest BCUT2D eigenvalue weighted by atomic mass is 9.72. The second-order valence-electron chi connectivity index (χ2n) is 17.3. The average Bonchev–Trinajstić information content (AvgIpc) is 3.11. The van der Waals surface area contributed by atoms with Gasteiger partial charge in [0.15, 0.2) is 9.84 Å². The minimum absolute atomic E-state index is 0.0992. The highest BCUT2D eigenvalue weighted by Crippen LogP contribution is 2.39. The van der Waals surface area contributed by atoms with Crippen LogP contribution in [0.5, 0.6) is 0 Å². The van der Waals surface area contributed by atoms with Crippen molar-refractivity contribution in [2.75, 3.05) is 19.3 Å². The van der Waals surface area contributed by atoms with Gasteiger partial charge in [0.25, 0.3) is 5.91 Å². The molecule has 13 nitrogen and oxygen atoms in total. The molecule has 2 aromatic rings. The number of carbonyl (C=O) groups excluding carboxylic acids is 4. The summed E-state index contributed by atoms with van der Waals surface area (Å²) in [6, 6.07) is 8.45. The van der Waals surface area contributed by atoms with Gasteiger partial charge in [-0.15, -0.1) is 0 Å². The quantitative estimate of drug-likeness (QED) is 0.195. The van der Waals surface area contributed by atoms with Crippen molar-refractivity contribution in [3.8, 4) is 0 Å². The number of sulfone groups is 1. The third-order valence-corrected chi connectivity index (χ3v) is 13.3. The largest absolute Gasteiger partial charge is 0.458 e. The van der Waals surface area contributed by atoms with Gasteiger partial charge in [0.2, 0.25) is 11.8 Å². The summed E-state index contributed by atoms with van der Waals surface area (Å²) < 4.78 is 31.0. The smallest absolute Gasteiger partial charge is 0.323 e. The maximum absolute atomic E-state index is 14.6. The van der Waals surface area contributed by atoms with Gasteiger partial charge in [-0.3, -0.25) is 29.1 Å². The van der Waals surface area contributed by atoms with Crippen molar-refractivity contribution in [2.24, 2.45) is 23.5 Å². The number of nitrogens with two attached hydrogens (primary N) is 1. The summed E-state index contributed by atoms with van der Waals surface area (Å²) in [6.45, 7) is 12.9. The van der Waals surface area contributed by atoms with Gasteiger partial charge in [0.05, 0.1) is 22.4 Å². The van der Waals surface area contributed by atoms with E-state index in [2.05, 4.69) is 25.8 Å². The van der Waals surface area contributed by atoms with E-state index >= 15 is 0 Å². The molecule has 55 heavy (non-hydrogen) atoms. The Labute approximate surface area is 327 Å². The zero-order chi connectivity index (χ0) is 40.7. The monoisotopic (exact) mass is 782 g/mol.